The van der Waals surface area contributed by atoms with Crippen LogP contribution in [-0.4, -0.2) is 87.6 Å². The predicted molar refractivity (Wildman–Crippen MR) is 223 cm³/mol. The van der Waals surface area contributed by atoms with Crippen LogP contribution in [0.2, 0.25) is 30.7 Å². The molecule has 2 aromatic heterocycles. The van der Waals surface area contributed by atoms with Crippen LogP contribution in [0, 0.1) is 5.41 Å². The number of halogens is 3. The molecule has 0 N–H and O–H groups in total. The highest BCUT2D eigenvalue weighted by molar-refractivity contribution is 6.76. The van der Waals surface area contributed by atoms with Gasteiger partial charge in [0, 0.05) is 76.2 Å². The lowest BCUT2D eigenvalue weighted by atomic mass is 9.72. The SMILES string of the molecule is COC(=O)c1ccc(N2CCN(CC3=C(c4ccc(Cl)cc4)CC(C)(C)CC3)CC2)cc1N1CCC(F)(F)Oc2nc3c(ccn3COCC[Si](C)(C)C)cc21. The number of pyridine rings is 1. The average Bonchev–Trinajstić information content (AvgIpc) is 3.48. The molecule has 13 heteroatoms. The number of piperazine rings is 1. The first-order valence-electron chi connectivity index (χ1n) is 19.7. The second-order valence-corrected chi connectivity index (χ2v) is 23.4. The van der Waals surface area contributed by atoms with Crippen LogP contribution in [0.15, 0.2) is 66.4 Å². The summed E-state index contributed by atoms with van der Waals surface area (Å²) in [5, 5.41) is 1.49. The zero-order valence-corrected chi connectivity index (χ0v) is 35.2. The molecular formula is C43H54ClF2N5O4Si. The van der Waals surface area contributed by atoms with Gasteiger partial charge in [-0.05, 0) is 84.3 Å². The molecular weight excluding hydrogens is 752 g/mol. The van der Waals surface area contributed by atoms with Crippen molar-refractivity contribution in [3.8, 4) is 5.88 Å². The molecule has 0 bridgehead atoms. The summed E-state index contributed by atoms with van der Waals surface area (Å²) in [6.45, 7) is 16.5. The number of hydrogen-bond acceptors (Lipinski definition) is 8. The normalized spacial score (nSPS) is 18.8. The first kappa shape index (κ1) is 40.2. The van der Waals surface area contributed by atoms with E-state index in [2.05, 4.69) is 60.4 Å². The second kappa shape index (κ2) is 16.1. The molecule has 1 fully saturated rings. The van der Waals surface area contributed by atoms with Gasteiger partial charge < -0.3 is 28.6 Å². The van der Waals surface area contributed by atoms with E-state index in [-0.39, 0.29) is 30.1 Å². The van der Waals surface area contributed by atoms with E-state index >= 15 is 8.78 Å². The first-order valence-corrected chi connectivity index (χ1v) is 23.8. The fourth-order valence-corrected chi connectivity index (χ4v) is 8.81. The van der Waals surface area contributed by atoms with Crippen LogP contribution in [0.4, 0.5) is 25.8 Å². The quantitative estimate of drug-likeness (QED) is 0.0843. The van der Waals surface area contributed by atoms with Crippen LogP contribution >= 0.6 is 11.6 Å². The van der Waals surface area contributed by atoms with Crippen molar-refractivity contribution < 1.29 is 27.8 Å². The Morgan fingerprint density at radius 3 is 2.43 bits per heavy atom. The Morgan fingerprint density at radius 2 is 1.71 bits per heavy atom. The van der Waals surface area contributed by atoms with E-state index < -0.39 is 26.6 Å². The molecule has 4 aromatic rings. The van der Waals surface area contributed by atoms with E-state index in [1.54, 1.807) is 15.5 Å². The van der Waals surface area contributed by atoms with Crippen molar-refractivity contribution in [3.05, 3.63) is 82.5 Å². The van der Waals surface area contributed by atoms with Gasteiger partial charge in [-0.2, -0.15) is 13.8 Å². The molecule has 7 rings (SSSR count). The molecule has 0 atom stereocenters. The number of nitrogens with zero attached hydrogens (tertiary/aromatic N) is 5. The Kier molecular flexibility index (Phi) is 11.6. The van der Waals surface area contributed by atoms with Crippen molar-refractivity contribution >= 4 is 59.3 Å². The van der Waals surface area contributed by atoms with Gasteiger partial charge in [0.2, 0.25) is 5.88 Å². The Bertz CT molecular complexity index is 2090. The minimum absolute atomic E-state index is 0.100. The molecule has 2 aromatic carbocycles. The van der Waals surface area contributed by atoms with Crippen LogP contribution in [-0.2, 0) is 16.2 Å². The highest BCUT2D eigenvalue weighted by Gasteiger charge is 2.39. The largest absolute Gasteiger partial charge is 0.465 e. The van der Waals surface area contributed by atoms with Gasteiger partial charge in [-0.3, -0.25) is 4.90 Å². The molecule has 4 heterocycles. The Labute approximate surface area is 335 Å². The van der Waals surface area contributed by atoms with Crippen molar-refractivity contribution in [2.45, 2.75) is 78.1 Å². The lowest BCUT2D eigenvalue weighted by molar-refractivity contribution is -0.178. The van der Waals surface area contributed by atoms with Crippen molar-refractivity contribution in [1.29, 1.82) is 0 Å². The molecule has 0 radical (unpaired) electrons. The average molecular weight is 806 g/mol. The number of anilines is 3. The molecule has 56 heavy (non-hydrogen) atoms. The van der Waals surface area contributed by atoms with E-state index in [0.29, 0.717) is 23.6 Å². The van der Waals surface area contributed by atoms with Gasteiger partial charge in [-0.15, -0.1) is 0 Å². The minimum atomic E-state index is -3.47. The Hall–Kier alpha value is -3.97. The number of esters is 1. The smallest absolute Gasteiger partial charge is 0.400 e. The number of hydrogen-bond donors (Lipinski definition) is 0. The molecule has 2 aliphatic heterocycles. The number of ether oxygens (including phenoxy) is 3. The summed E-state index contributed by atoms with van der Waals surface area (Å²) >= 11 is 6.24. The van der Waals surface area contributed by atoms with Crippen LogP contribution < -0.4 is 14.5 Å². The summed E-state index contributed by atoms with van der Waals surface area (Å²) in [5.74, 6) is -0.749. The third-order valence-corrected chi connectivity index (χ3v) is 13.2. The van der Waals surface area contributed by atoms with Gasteiger partial charge in [0.25, 0.3) is 0 Å². The molecule has 9 nitrogen and oxygen atoms in total. The molecule has 0 unspecified atom stereocenters. The zero-order valence-electron chi connectivity index (χ0n) is 33.5. The molecule has 300 valence electrons. The van der Waals surface area contributed by atoms with E-state index in [1.807, 2.05) is 42.6 Å². The number of allylic oxidation sites excluding steroid dienone is 1. The van der Waals surface area contributed by atoms with Crippen molar-refractivity contribution in [3.63, 3.8) is 0 Å². The lowest BCUT2D eigenvalue weighted by Crippen LogP contribution is -2.47. The van der Waals surface area contributed by atoms with Crippen molar-refractivity contribution in [2.75, 3.05) is 62.8 Å². The number of aromatic nitrogens is 2. The maximum Gasteiger partial charge on any atom is 0.400 e. The summed E-state index contributed by atoms with van der Waals surface area (Å²) in [6, 6.07) is 18.5. The van der Waals surface area contributed by atoms with Gasteiger partial charge in [0.05, 0.1) is 24.8 Å². The predicted octanol–water partition coefficient (Wildman–Crippen LogP) is 10.1. The van der Waals surface area contributed by atoms with Gasteiger partial charge in [0.1, 0.15) is 18.1 Å². The molecule has 3 aliphatic rings. The van der Waals surface area contributed by atoms with Gasteiger partial charge >= 0.3 is 12.1 Å². The molecule has 1 aliphatic carbocycles. The first-order chi connectivity index (χ1) is 26.6. The molecule has 0 spiro atoms. The number of carbonyl (C=O) groups is 1. The molecule has 0 amide bonds. The maximum absolute atomic E-state index is 15.3. The maximum atomic E-state index is 15.3. The summed E-state index contributed by atoms with van der Waals surface area (Å²) < 4.78 is 48.8. The number of benzene rings is 2. The molecule has 1 saturated heterocycles. The topological polar surface area (TPSA) is 72.3 Å². The third-order valence-electron chi connectivity index (χ3n) is 11.3. The van der Waals surface area contributed by atoms with Gasteiger partial charge in [-0.25, -0.2) is 4.79 Å². The van der Waals surface area contributed by atoms with Crippen LogP contribution in [0.1, 0.15) is 55.5 Å². The Balaban J connectivity index is 1.14. The zero-order chi connectivity index (χ0) is 39.8. The highest BCUT2D eigenvalue weighted by Crippen LogP contribution is 2.45. The fourth-order valence-electron chi connectivity index (χ4n) is 7.92. The van der Waals surface area contributed by atoms with Crippen molar-refractivity contribution in [2.24, 2.45) is 5.41 Å². The number of rotatable bonds is 11. The summed E-state index contributed by atoms with van der Waals surface area (Å²) in [5.41, 5.74) is 6.93. The summed E-state index contributed by atoms with van der Waals surface area (Å²) in [4.78, 5) is 24.4. The standard InChI is InChI=1S/C43H54ClF2N5O4Si/c1-42(2)15-13-32(36(27-42)30-7-9-33(44)10-8-30)28-48-19-21-49(22-20-48)34-11-12-35(41(52)53-3)37(26-34)51-18-16-43(45,46)55-40-38(51)25-31-14-17-50(39(31)47-40)29-54-23-24-56(4,5)6/h7-12,14,17,25-26H,13,15-16,18-24,27-29H2,1-6H3. The molecule has 0 saturated carbocycles. The fraction of sp³-hybridized carbons (Fsp3) is 0.488. The highest BCUT2D eigenvalue weighted by atomic mass is 35.5. The van der Waals surface area contributed by atoms with Gasteiger partial charge in [-0.1, -0.05) is 62.8 Å². The monoisotopic (exact) mass is 805 g/mol. The van der Waals surface area contributed by atoms with Crippen LogP contribution in [0.5, 0.6) is 5.88 Å². The Morgan fingerprint density at radius 1 is 0.964 bits per heavy atom. The summed E-state index contributed by atoms with van der Waals surface area (Å²) in [6.07, 6.45) is 1.05. The number of methoxy groups -OCH3 is 1. The lowest BCUT2D eigenvalue weighted by Gasteiger charge is -2.39. The van der Waals surface area contributed by atoms with Crippen LogP contribution in [0.25, 0.3) is 16.6 Å². The summed E-state index contributed by atoms with van der Waals surface area (Å²) in [7, 11) is 0.0498. The van der Waals surface area contributed by atoms with Gasteiger partial charge in [0.15, 0.2) is 0 Å². The van der Waals surface area contributed by atoms with Crippen LogP contribution in [0.3, 0.4) is 0 Å². The number of alkyl halides is 2. The second-order valence-electron chi connectivity index (χ2n) is 17.4. The van der Waals surface area contributed by atoms with E-state index in [1.165, 1.54) is 23.8 Å². The van der Waals surface area contributed by atoms with E-state index in [4.69, 9.17) is 25.8 Å². The van der Waals surface area contributed by atoms with E-state index in [9.17, 15) is 4.79 Å². The van der Waals surface area contributed by atoms with E-state index in [0.717, 1.165) is 74.1 Å². The third kappa shape index (κ3) is 9.25. The minimum Gasteiger partial charge on any atom is -0.465 e. The number of carbonyl (C=O) groups excluding carboxylic acids is 1. The van der Waals surface area contributed by atoms with Crippen molar-refractivity contribution in [1.82, 2.24) is 14.5 Å². The number of fused-ring (bicyclic) bond motifs is 2.